The molecule has 8 rings (SSSR count). The minimum atomic E-state index is -0.100. The lowest BCUT2D eigenvalue weighted by Crippen LogP contribution is -2.15. The zero-order valence-corrected chi connectivity index (χ0v) is 20.4. The van der Waals surface area contributed by atoms with Gasteiger partial charge in [-0.1, -0.05) is 98.0 Å². The first-order valence-corrected chi connectivity index (χ1v) is 12.9. The minimum absolute atomic E-state index is 0.100. The van der Waals surface area contributed by atoms with Gasteiger partial charge in [-0.3, -0.25) is 4.57 Å². The molecule has 7 aromatic rings. The normalized spacial score (nSPS) is 14.2. The first-order valence-electron chi connectivity index (χ1n) is 12.1. The predicted octanol–water partition coefficient (Wildman–Crippen LogP) is 8.85. The maximum atomic E-state index is 5.05. The highest BCUT2D eigenvalue weighted by Gasteiger charge is 2.39. The number of thiazole rings is 1. The van der Waals surface area contributed by atoms with Crippen LogP contribution < -0.4 is 0 Å². The summed E-state index contributed by atoms with van der Waals surface area (Å²) in [4.78, 5) is 5.05. The standard InChI is InChI=1S/C32H22N2S/c1-32(2)23-17-15-19-9-3-4-10-20(19)28(23)22-16-18-26-29(30(22)32)21-11-5-7-13-25(21)34(26)31-33-24-12-6-8-14-27(24)35-31/h3-18H,1-2H3. The summed E-state index contributed by atoms with van der Waals surface area (Å²) in [5.74, 6) is 0. The van der Waals surface area contributed by atoms with E-state index in [-0.39, 0.29) is 5.41 Å². The van der Waals surface area contributed by atoms with Gasteiger partial charge in [0.05, 0.1) is 21.3 Å². The van der Waals surface area contributed by atoms with Crippen molar-refractivity contribution >= 4 is 54.1 Å². The van der Waals surface area contributed by atoms with Crippen LogP contribution in [0.5, 0.6) is 0 Å². The van der Waals surface area contributed by atoms with E-state index < -0.39 is 0 Å². The van der Waals surface area contributed by atoms with E-state index >= 15 is 0 Å². The van der Waals surface area contributed by atoms with E-state index in [1.165, 1.54) is 59.5 Å². The molecule has 2 aromatic heterocycles. The monoisotopic (exact) mass is 466 g/mol. The summed E-state index contributed by atoms with van der Waals surface area (Å²) in [5.41, 5.74) is 8.99. The third-order valence-corrected chi connectivity index (χ3v) is 8.83. The molecule has 0 fully saturated rings. The number of aromatic nitrogens is 2. The molecule has 35 heavy (non-hydrogen) atoms. The summed E-state index contributed by atoms with van der Waals surface area (Å²) in [6.07, 6.45) is 0. The third kappa shape index (κ3) is 2.41. The van der Waals surface area contributed by atoms with Crippen molar-refractivity contribution in [1.82, 2.24) is 9.55 Å². The van der Waals surface area contributed by atoms with Crippen LogP contribution >= 0.6 is 11.3 Å². The van der Waals surface area contributed by atoms with Crippen LogP contribution in [-0.4, -0.2) is 9.55 Å². The molecule has 1 aliphatic carbocycles. The molecular formula is C32H22N2S. The first-order chi connectivity index (χ1) is 17.1. The number of hydrogen-bond donors (Lipinski definition) is 0. The van der Waals surface area contributed by atoms with E-state index in [9.17, 15) is 0 Å². The van der Waals surface area contributed by atoms with Crippen molar-refractivity contribution in [3.8, 4) is 16.3 Å². The van der Waals surface area contributed by atoms with E-state index in [0.29, 0.717) is 0 Å². The number of fused-ring (bicyclic) bond motifs is 10. The van der Waals surface area contributed by atoms with Gasteiger partial charge in [0.1, 0.15) is 0 Å². The molecule has 0 N–H and O–H groups in total. The highest BCUT2D eigenvalue weighted by atomic mass is 32.1. The molecule has 0 bridgehead atoms. The summed E-state index contributed by atoms with van der Waals surface area (Å²) in [5, 5.41) is 6.31. The number of benzene rings is 5. The lowest BCUT2D eigenvalue weighted by atomic mass is 9.80. The van der Waals surface area contributed by atoms with Crippen molar-refractivity contribution in [2.45, 2.75) is 19.3 Å². The molecule has 2 heterocycles. The molecule has 0 spiro atoms. The molecule has 3 heteroatoms. The van der Waals surface area contributed by atoms with Crippen LogP contribution in [0, 0.1) is 0 Å². The summed E-state index contributed by atoms with van der Waals surface area (Å²) in [6, 6.07) is 35.3. The average molecular weight is 467 g/mol. The highest BCUT2D eigenvalue weighted by Crippen LogP contribution is 2.55. The van der Waals surface area contributed by atoms with E-state index in [1.807, 2.05) is 0 Å². The molecule has 0 unspecified atom stereocenters. The molecule has 0 atom stereocenters. The number of rotatable bonds is 1. The van der Waals surface area contributed by atoms with Gasteiger partial charge in [-0.2, -0.15) is 0 Å². The van der Waals surface area contributed by atoms with Crippen LogP contribution in [0.2, 0.25) is 0 Å². The Morgan fingerprint density at radius 2 is 1.49 bits per heavy atom. The first kappa shape index (κ1) is 19.4. The fraction of sp³-hybridized carbons (Fsp3) is 0.0938. The summed E-state index contributed by atoms with van der Waals surface area (Å²) < 4.78 is 3.58. The minimum Gasteiger partial charge on any atom is -0.285 e. The third-order valence-electron chi connectivity index (χ3n) is 7.81. The number of hydrogen-bond acceptors (Lipinski definition) is 2. The van der Waals surface area contributed by atoms with Crippen LogP contribution in [-0.2, 0) is 5.41 Å². The molecule has 2 nitrogen and oxygen atoms in total. The predicted molar refractivity (Wildman–Crippen MR) is 149 cm³/mol. The van der Waals surface area contributed by atoms with E-state index in [0.717, 1.165) is 10.6 Å². The molecule has 0 aliphatic heterocycles. The van der Waals surface area contributed by atoms with Crippen molar-refractivity contribution in [2.75, 3.05) is 0 Å². The van der Waals surface area contributed by atoms with Gasteiger partial charge in [0.25, 0.3) is 0 Å². The largest absolute Gasteiger partial charge is 0.285 e. The van der Waals surface area contributed by atoms with Crippen molar-refractivity contribution < 1.29 is 0 Å². The van der Waals surface area contributed by atoms with Crippen molar-refractivity contribution in [2.24, 2.45) is 0 Å². The number of para-hydroxylation sites is 2. The SMILES string of the molecule is CC1(C)c2ccc3ccccc3c2-c2ccc3c(c21)c1ccccc1n3-c1nc2ccccc2s1. The molecule has 166 valence electrons. The highest BCUT2D eigenvalue weighted by molar-refractivity contribution is 7.20. The topological polar surface area (TPSA) is 17.8 Å². The fourth-order valence-corrected chi connectivity index (χ4v) is 7.29. The molecular weight excluding hydrogens is 444 g/mol. The molecule has 0 radical (unpaired) electrons. The average Bonchev–Trinajstić information content (AvgIpc) is 3.52. The summed E-state index contributed by atoms with van der Waals surface area (Å²) in [7, 11) is 0. The number of nitrogens with zero attached hydrogens (tertiary/aromatic N) is 2. The Hall–Kier alpha value is -3.95. The second kappa shape index (κ2) is 6.59. The fourth-order valence-electron chi connectivity index (χ4n) is 6.30. The Morgan fingerprint density at radius 1 is 0.714 bits per heavy atom. The van der Waals surface area contributed by atoms with Gasteiger partial charge in [0.15, 0.2) is 5.13 Å². The smallest absolute Gasteiger partial charge is 0.195 e. The van der Waals surface area contributed by atoms with Gasteiger partial charge in [-0.15, -0.1) is 0 Å². The van der Waals surface area contributed by atoms with Crippen LogP contribution in [0.15, 0.2) is 97.1 Å². The second-order valence-electron chi connectivity index (χ2n) is 10.0. The van der Waals surface area contributed by atoms with E-state index in [2.05, 4.69) is 115 Å². The summed E-state index contributed by atoms with van der Waals surface area (Å²) >= 11 is 1.76. The van der Waals surface area contributed by atoms with Gasteiger partial charge in [0.2, 0.25) is 0 Å². The Balaban J connectivity index is 1.54. The van der Waals surface area contributed by atoms with Gasteiger partial charge in [-0.05, 0) is 57.3 Å². The summed E-state index contributed by atoms with van der Waals surface area (Å²) in [6.45, 7) is 4.77. The second-order valence-corrected chi connectivity index (χ2v) is 11.0. The van der Waals surface area contributed by atoms with E-state index in [1.54, 1.807) is 11.3 Å². The van der Waals surface area contributed by atoms with Gasteiger partial charge < -0.3 is 0 Å². The Bertz CT molecular complexity index is 1950. The molecule has 0 amide bonds. The van der Waals surface area contributed by atoms with Gasteiger partial charge in [0, 0.05) is 16.2 Å². The molecule has 5 aromatic carbocycles. The van der Waals surface area contributed by atoms with Gasteiger partial charge in [-0.25, -0.2) is 4.98 Å². The maximum absolute atomic E-state index is 5.05. The maximum Gasteiger partial charge on any atom is 0.195 e. The Kier molecular flexibility index (Phi) is 3.64. The van der Waals surface area contributed by atoms with Gasteiger partial charge >= 0.3 is 0 Å². The van der Waals surface area contributed by atoms with E-state index in [4.69, 9.17) is 4.98 Å². The molecule has 0 saturated heterocycles. The van der Waals surface area contributed by atoms with Crippen molar-refractivity contribution in [3.63, 3.8) is 0 Å². The van der Waals surface area contributed by atoms with Crippen LogP contribution in [0.25, 0.3) is 59.1 Å². The van der Waals surface area contributed by atoms with Crippen LogP contribution in [0.4, 0.5) is 0 Å². The molecule has 1 aliphatic rings. The van der Waals surface area contributed by atoms with Crippen molar-refractivity contribution in [3.05, 3.63) is 108 Å². The quantitative estimate of drug-likeness (QED) is 0.236. The zero-order chi connectivity index (χ0) is 23.3. The zero-order valence-electron chi connectivity index (χ0n) is 19.5. The molecule has 0 saturated carbocycles. The lowest BCUT2D eigenvalue weighted by molar-refractivity contribution is 0.667. The Labute approximate surface area is 207 Å². The van der Waals surface area contributed by atoms with Crippen LogP contribution in [0.3, 0.4) is 0 Å². The lowest BCUT2D eigenvalue weighted by Gasteiger charge is -2.22. The van der Waals surface area contributed by atoms with Crippen LogP contribution in [0.1, 0.15) is 25.0 Å². The van der Waals surface area contributed by atoms with Crippen molar-refractivity contribution in [1.29, 1.82) is 0 Å². The Morgan fingerprint density at radius 3 is 2.37 bits per heavy atom.